The Balaban J connectivity index is 1.99. The smallest absolute Gasteiger partial charge is 0.239 e. The SMILES string of the molecule is CCCc1nc(CS(=O)(=O)CC(=O)Nc2cc(F)ccc2F)cs1. The summed E-state index contributed by atoms with van der Waals surface area (Å²) >= 11 is 1.37. The summed E-state index contributed by atoms with van der Waals surface area (Å²) in [5.41, 5.74) is -0.0118. The molecule has 0 saturated heterocycles. The van der Waals surface area contributed by atoms with E-state index in [-0.39, 0.29) is 5.75 Å². The number of nitrogens with zero attached hydrogens (tertiary/aromatic N) is 1. The second-order valence-corrected chi connectivity index (χ2v) is 8.19. The number of rotatable bonds is 7. The van der Waals surface area contributed by atoms with Gasteiger partial charge in [-0.25, -0.2) is 22.2 Å². The van der Waals surface area contributed by atoms with Crippen molar-refractivity contribution in [1.82, 2.24) is 4.98 Å². The highest BCUT2D eigenvalue weighted by Gasteiger charge is 2.20. The first kappa shape index (κ1) is 18.5. The molecule has 0 saturated carbocycles. The van der Waals surface area contributed by atoms with Gasteiger partial charge in [-0.2, -0.15) is 0 Å². The van der Waals surface area contributed by atoms with Crippen molar-refractivity contribution in [3.63, 3.8) is 0 Å². The maximum atomic E-state index is 13.4. The topological polar surface area (TPSA) is 76.1 Å². The number of hydrogen-bond donors (Lipinski definition) is 1. The average Bonchev–Trinajstić information content (AvgIpc) is 2.89. The Morgan fingerprint density at radius 1 is 1.33 bits per heavy atom. The molecule has 1 aromatic carbocycles. The lowest BCUT2D eigenvalue weighted by Crippen LogP contribution is -2.24. The van der Waals surface area contributed by atoms with Crippen LogP contribution >= 0.6 is 11.3 Å². The van der Waals surface area contributed by atoms with Crippen molar-refractivity contribution in [3.05, 3.63) is 45.9 Å². The lowest BCUT2D eigenvalue weighted by Gasteiger charge is -2.07. The van der Waals surface area contributed by atoms with Gasteiger partial charge in [-0.05, 0) is 25.0 Å². The number of sulfone groups is 1. The van der Waals surface area contributed by atoms with E-state index in [1.165, 1.54) is 11.3 Å². The minimum Gasteiger partial charge on any atom is -0.323 e. The van der Waals surface area contributed by atoms with Crippen molar-refractivity contribution in [3.8, 4) is 0 Å². The summed E-state index contributed by atoms with van der Waals surface area (Å²) < 4.78 is 50.6. The number of aromatic nitrogens is 1. The summed E-state index contributed by atoms with van der Waals surface area (Å²) in [4.78, 5) is 16.0. The minimum absolute atomic E-state index is 0.369. The molecule has 0 radical (unpaired) electrons. The van der Waals surface area contributed by atoms with Gasteiger partial charge < -0.3 is 5.32 Å². The van der Waals surface area contributed by atoms with Crippen LogP contribution in [0.1, 0.15) is 24.0 Å². The molecular weight excluding hydrogens is 358 g/mol. The molecule has 0 bridgehead atoms. The molecule has 130 valence electrons. The molecule has 24 heavy (non-hydrogen) atoms. The largest absolute Gasteiger partial charge is 0.323 e. The first-order valence-electron chi connectivity index (χ1n) is 7.17. The van der Waals surface area contributed by atoms with Crippen molar-refractivity contribution in [2.75, 3.05) is 11.1 Å². The van der Waals surface area contributed by atoms with Gasteiger partial charge in [0.2, 0.25) is 5.91 Å². The Kier molecular flexibility index (Phi) is 6.00. The van der Waals surface area contributed by atoms with Gasteiger partial charge in [0.15, 0.2) is 9.84 Å². The number of aryl methyl sites for hydroxylation is 1. The van der Waals surface area contributed by atoms with Gasteiger partial charge in [-0.1, -0.05) is 6.92 Å². The van der Waals surface area contributed by atoms with Gasteiger partial charge in [0.25, 0.3) is 0 Å². The molecule has 0 aliphatic carbocycles. The molecule has 0 aliphatic heterocycles. The second-order valence-electron chi connectivity index (χ2n) is 5.19. The van der Waals surface area contributed by atoms with Crippen LogP contribution in [0.15, 0.2) is 23.6 Å². The maximum Gasteiger partial charge on any atom is 0.239 e. The molecule has 9 heteroatoms. The molecular formula is C15H16F2N2O3S2. The van der Waals surface area contributed by atoms with Crippen molar-refractivity contribution in [1.29, 1.82) is 0 Å². The van der Waals surface area contributed by atoms with E-state index in [1.807, 2.05) is 6.92 Å². The third-order valence-corrected chi connectivity index (χ3v) is 5.38. The highest BCUT2D eigenvalue weighted by molar-refractivity contribution is 7.91. The third-order valence-electron chi connectivity index (χ3n) is 2.98. The molecule has 0 aliphatic rings. The van der Waals surface area contributed by atoms with Crippen molar-refractivity contribution >= 4 is 32.8 Å². The fraction of sp³-hybridized carbons (Fsp3) is 0.333. The van der Waals surface area contributed by atoms with Gasteiger partial charge in [-0.3, -0.25) is 4.79 Å². The number of hydrogen-bond acceptors (Lipinski definition) is 5. The van der Waals surface area contributed by atoms with Gasteiger partial charge in [0.1, 0.15) is 17.4 Å². The number of nitrogens with one attached hydrogen (secondary N) is 1. The number of benzene rings is 1. The zero-order chi connectivity index (χ0) is 17.7. The second kappa shape index (κ2) is 7.80. The van der Waals surface area contributed by atoms with Crippen LogP contribution in [0.25, 0.3) is 0 Å². The molecule has 0 atom stereocenters. The predicted octanol–water partition coefficient (Wildman–Crippen LogP) is 2.93. The van der Waals surface area contributed by atoms with Crippen LogP contribution in [0.2, 0.25) is 0 Å². The number of thiazole rings is 1. The minimum atomic E-state index is -3.76. The molecule has 5 nitrogen and oxygen atoms in total. The molecule has 0 fully saturated rings. The summed E-state index contributed by atoms with van der Waals surface area (Å²) in [7, 11) is -3.76. The Morgan fingerprint density at radius 3 is 2.79 bits per heavy atom. The predicted molar refractivity (Wildman–Crippen MR) is 88.6 cm³/mol. The summed E-state index contributed by atoms with van der Waals surface area (Å²) in [6.45, 7) is 1.99. The summed E-state index contributed by atoms with van der Waals surface area (Å²) in [5.74, 6) is -3.70. The van der Waals surface area contributed by atoms with Crippen LogP contribution in [0.3, 0.4) is 0 Å². The fourth-order valence-corrected chi connectivity index (χ4v) is 4.18. The molecule has 0 spiro atoms. The van der Waals surface area contributed by atoms with Crippen LogP contribution in [0.5, 0.6) is 0 Å². The fourth-order valence-electron chi connectivity index (χ4n) is 2.00. The number of carbonyl (C=O) groups excluding carboxylic acids is 1. The van der Waals surface area contributed by atoms with E-state index in [2.05, 4.69) is 10.3 Å². The Bertz CT molecular complexity index is 835. The van der Waals surface area contributed by atoms with Gasteiger partial charge in [0, 0.05) is 11.4 Å². The average molecular weight is 374 g/mol. The number of carbonyl (C=O) groups is 1. The molecule has 1 N–H and O–H groups in total. The summed E-state index contributed by atoms with van der Waals surface area (Å²) in [6, 6.07) is 2.54. The monoisotopic (exact) mass is 374 g/mol. The first-order valence-corrected chi connectivity index (χ1v) is 9.88. The molecule has 2 aromatic rings. The van der Waals surface area contributed by atoms with E-state index < -0.39 is 38.8 Å². The van der Waals surface area contributed by atoms with Gasteiger partial charge >= 0.3 is 0 Å². The van der Waals surface area contributed by atoms with E-state index in [0.29, 0.717) is 5.69 Å². The van der Waals surface area contributed by atoms with Gasteiger partial charge in [-0.15, -0.1) is 11.3 Å². The van der Waals surface area contributed by atoms with E-state index >= 15 is 0 Å². The first-order chi connectivity index (χ1) is 11.3. The van der Waals surface area contributed by atoms with Crippen LogP contribution in [0, 0.1) is 11.6 Å². The van der Waals surface area contributed by atoms with Crippen molar-refractivity contribution < 1.29 is 22.0 Å². The van der Waals surface area contributed by atoms with Crippen LogP contribution < -0.4 is 5.32 Å². The van der Waals surface area contributed by atoms with E-state index in [1.54, 1.807) is 5.38 Å². The van der Waals surface area contributed by atoms with E-state index in [9.17, 15) is 22.0 Å². The maximum absolute atomic E-state index is 13.4. The third kappa shape index (κ3) is 5.34. The normalized spacial score (nSPS) is 11.5. The summed E-state index contributed by atoms with van der Waals surface area (Å²) in [6.07, 6.45) is 1.67. The zero-order valence-corrected chi connectivity index (χ0v) is 14.5. The number of anilines is 1. The van der Waals surface area contributed by atoms with E-state index in [0.717, 1.165) is 36.0 Å². The quantitative estimate of drug-likeness (QED) is 0.808. The highest BCUT2D eigenvalue weighted by Crippen LogP contribution is 2.17. The Hall–Kier alpha value is -1.87. The van der Waals surface area contributed by atoms with E-state index in [4.69, 9.17) is 0 Å². The van der Waals surface area contributed by atoms with Crippen molar-refractivity contribution in [2.45, 2.75) is 25.5 Å². The van der Waals surface area contributed by atoms with Crippen LogP contribution in [-0.2, 0) is 26.8 Å². The molecule has 0 unspecified atom stereocenters. The Labute approximate surface area is 142 Å². The molecule has 1 heterocycles. The highest BCUT2D eigenvalue weighted by atomic mass is 32.2. The van der Waals surface area contributed by atoms with Crippen LogP contribution in [0.4, 0.5) is 14.5 Å². The lowest BCUT2D eigenvalue weighted by molar-refractivity contribution is -0.113. The van der Waals surface area contributed by atoms with Crippen molar-refractivity contribution in [2.24, 2.45) is 0 Å². The number of amides is 1. The zero-order valence-electron chi connectivity index (χ0n) is 12.9. The molecule has 1 amide bonds. The lowest BCUT2D eigenvalue weighted by atomic mass is 10.3. The molecule has 1 aromatic heterocycles. The van der Waals surface area contributed by atoms with Gasteiger partial charge in [0.05, 0.1) is 22.1 Å². The standard InChI is InChI=1S/C15H16F2N2O3S2/c1-2-3-15-18-11(7-23-15)8-24(21,22)9-14(20)19-13-6-10(16)4-5-12(13)17/h4-7H,2-3,8-9H2,1H3,(H,19,20). The Morgan fingerprint density at radius 2 is 2.08 bits per heavy atom. The number of halogens is 2. The molecule has 2 rings (SSSR count). The van der Waals surface area contributed by atoms with Crippen LogP contribution in [-0.4, -0.2) is 25.1 Å². The summed E-state index contributed by atoms with van der Waals surface area (Å²) in [5, 5.41) is 4.55.